The minimum Gasteiger partial charge on any atom is -0.383 e. The van der Waals surface area contributed by atoms with Crippen LogP contribution in [0.2, 0.25) is 0 Å². The molecule has 0 aliphatic rings. The van der Waals surface area contributed by atoms with Crippen LogP contribution in [0.3, 0.4) is 0 Å². The van der Waals surface area contributed by atoms with E-state index in [0.29, 0.717) is 6.61 Å². The molecule has 2 rings (SSSR count). The van der Waals surface area contributed by atoms with Crippen molar-refractivity contribution < 1.29 is 4.74 Å². The van der Waals surface area contributed by atoms with Crippen LogP contribution in [0, 0.1) is 13.8 Å². The molecule has 1 unspecified atom stereocenters. The fourth-order valence-electron chi connectivity index (χ4n) is 1.71. The molecule has 2 aromatic heterocycles. The highest BCUT2D eigenvalue weighted by Gasteiger charge is 2.18. The Morgan fingerprint density at radius 1 is 1.44 bits per heavy atom. The third-order valence-electron chi connectivity index (χ3n) is 2.82. The first-order chi connectivity index (χ1) is 8.72. The largest absolute Gasteiger partial charge is 0.383 e. The monoisotopic (exact) mass is 282 g/mol. The number of hydrogen-bond donors (Lipinski definition) is 1. The number of rotatable bonds is 6. The smallest absolute Gasteiger partial charge is 0.115 e. The fourth-order valence-corrected chi connectivity index (χ4v) is 3.43. The van der Waals surface area contributed by atoms with Gasteiger partial charge < -0.3 is 10.1 Å². The molecule has 1 N–H and O–H groups in total. The summed E-state index contributed by atoms with van der Waals surface area (Å²) in [6, 6.07) is 2.34. The average molecular weight is 282 g/mol. The zero-order chi connectivity index (χ0) is 13.0. The van der Waals surface area contributed by atoms with Gasteiger partial charge in [0.2, 0.25) is 0 Å². The van der Waals surface area contributed by atoms with E-state index in [9.17, 15) is 0 Å². The summed E-state index contributed by atoms with van der Waals surface area (Å²) in [5.74, 6) is 0. The SMILES string of the molecule is COCCNC(c1ccsc1)c1nc(C)c(C)s1. The van der Waals surface area contributed by atoms with Crippen LogP contribution in [-0.2, 0) is 4.74 Å². The van der Waals surface area contributed by atoms with E-state index in [4.69, 9.17) is 4.74 Å². The highest BCUT2D eigenvalue weighted by atomic mass is 32.1. The predicted octanol–water partition coefficient (Wildman–Crippen LogP) is 3.15. The Balaban J connectivity index is 2.19. The Hall–Kier alpha value is -0.750. The third-order valence-corrected chi connectivity index (χ3v) is 4.66. The van der Waals surface area contributed by atoms with Crippen LogP contribution >= 0.6 is 22.7 Å². The Morgan fingerprint density at radius 2 is 2.28 bits per heavy atom. The van der Waals surface area contributed by atoms with Gasteiger partial charge in [0, 0.05) is 18.5 Å². The van der Waals surface area contributed by atoms with Gasteiger partial charge in [-0.25, -0.2) is 4.98 Å². The summed E-state index contributed by atoms with van der Waals surface area (Å²) in [6.07, 6.45) is 0. The molecular weight excluding hydrogens is 264 g/mol. The second kappa shape index (κ2) is 6.43. The van der Waals surface area contributed by atoms with E-state index in [1.165, 1.54) is 10.4 Å². The molecule has 2 heterocycles. The fraction of sp³-hybridized carbons (Fsp3) is 0.462. The topological polar surface area (TPSA) is 34.1 Å². The van der Waals surface area contributed by atoms with Gasteiger partial charge >= 0.3 is 0 Å². The summed E-state index contributed by atoms with van der Waals surface area (Å²) >= 11 is 3.49. The van der Waals surface area contributed by atoms with Crippen LogP contribution < -0.4 is 5.32 Å². The number of thiazole rings is 1. The third kappa shape index (κ3) is 3.17. The first-order valence-corrected chi connectivity index (χ1v) is 7.66. The summed E-state index contributed by atoms with van der Waals surface area (Å²) in [6.45, 7) is 5.73. The second-order valence-corrected chi connectivity index (χ2v) is 6.15. The van der Waals surface area contributed by atoms with Crippen molar-refractivity contribution in [3.63, 3.8) is 0 Å². The number of nitrogens with one attached hydrogen (secondary N) is 1. The van der Waals surface area contributed by atoms with E-state index >= 15 is 0 Å². The molecule has 5 heteroatoms. The van der Waals surface area contributed by atoms with Gasteiger partial charge in [-0.2, -0.15) is 11.3 Å². The Bertz CT molecular complexity index is 460. The predicted molar refractivity (Wildman–Crippen MR) is 77.6 cm³/mol. The van der Waals surface area contributed by atoms with Crippen LogP contribution in [0.15, 0.2) is 16.8 Å². The lowest BCUT2D eigenvalue weighted by atomic mass is 10.1. The Kier molecular flexibility index (Phi) is 4.88. The highest BCUT2D eigenvalue weighted by molar-refractivity contribution is 7.11. The summed E-state index contributed by atoms with van der Waals surface area (Å²) in [5, 5.41) is 8.93. The molecule has 1 atom stereocenters. The van der Waals surface area contributed by atoms with Gasteiger partial charge in [0.25, 0.3) is 0 Å². The molecule has 2 aromatic rings. The maximum atomic E-state index is 5.10. The molecular formula is C13H18N2OS2. The van der Waals surface area contributed by atoms with Crippen molar-refractivity contribution in [3.8, 4) is 0 Å². The maximum Gasteiger partial charge on any atom is 0.115 e. The molecule has 0 aliphatic carbocycles. The van der Waals surface area contributed by atoms with Crippen LogP contribution in [0.1, 0.15) is 27.2 Å². The minimum atomic E-state index is 0.184. The van der Waals surface area contributed by atoms with Crippen LogP contribution in [-0.4, -0.2) is 25.2 Å². The van der Waals surface area contributed by atoms with Gasteiger partial charge in [0.1, 0.15) is 5.01 Å². The normalized spacial score (nSPS) is 12.8. The molecule has 0 saturated carbocycles. The number of methoxy groups -OCH3 is 1. The molecule has 18 heavy (non-hydrogen) atoms. The van der Waals surface area contributed by atoms with Gasteiger partial charge in [-0.05, 0) is 36.2 Å². The molecule has 0 bridgehead atoms. The van der Waals surface area contributed by atoms with Gasteiger partial charge in [-0.1, -0.05) is 0 Å². The summed E-state index contributed by atoms with van der Waals surface area (Å²) in [5.41, 5.74) is 2.41. The van der Waals surface area contributed by atoms with Crippen molar-refractivity contribution in [2.24, 2.45) is 0 Å². The van der Waals surface area contributed by atoms with E-state index in [2.05, 4.69) is 41.0 Å². The molecule has 3 nitrogen and oxygen atoms in total. The molecule has 0 radical (unpaired) electrons. The maximum absolute atomic E-state index is 5.10. The number of ether oxygens (including phenoxy) is 1. The Morgan fingerprint density at radius 3 is 2.83 bits per heavy atom. The lowest BCUT2D eigenvalue weighted by Gasteiger charge is -2.15. The van der Waals surface area contributed by atoms with Crippen LogP contribution in [0.4, 0.5) is 0 Å². The van der Waals surface area contributed by atoms with E-state index in [-0.39, 0.29) is 6.04 Å². The van der Waals surface area contributed by atoms with Gasteiger partial charge in [0.15, 0.2) is 0 Å². The second-order valence-electron chi connectivity index (χ2n) is 4.13. The van der Waals surface area contributed by atoms with Crippen molar-refractivity contribution in [1.29, 1.82) is 0 Å². The van der Waals surface area contributed by atoms with Crippen molar-refractivity contribution >= 4 is 22.7 Å². The standard InChI is InChI=1S/C13H18N2OS2/c1-9-10(2)18-13(15-9)12(14-5-6-16-3)11-4-7-17-8-11/h4,7-8,12,14H,5-6H2,1-3H3. The summed E-state index contributed by atoms with van der Waals surface area (Å²) in [4.78, 5) is 5.96. The number of hydrogen-bond acceptors (Lipinski definition) is 5. The van der Waals surface area contributed by atoms with Gasteiger partial charge in [0.05, 0.1) is 18.3 Å². The van der Waals surface area contributed by atoms with E-state index < -0.39 is 0 Å². The Labute approximate surface area is 116 Å². The van der Waals surface area contributed by atoms with Gasteiger partial charge in [-0.15, -0.1) is 11.3 Å². The quantitative estimate of drug-likeness (QED) is 0.827. The zero-order valence-electron chi connectivity index (χ0n) is 10.9. The van der Waals surface area contributed by atoms with Crippen molar-refractivity contribution in [2.75, 3.05) is 20.3 Å². The van der Waals surface area contributed by atoms with Gasteiger partial charge in [-0.3, -0.25) is 0 Å². The molecule has 0 amide bonds. The van der Waals surface area contributed by atoms with Crippen molar-refractivity contribution in [2.45, 2.75) is 19.9 Å². The zero-order valence-corrected chi connectivity index (χ0v) is 12.5. The first-order valence-electron chi connectivity index (χ1n) is 5.90. The molecule has 0 aliphatic heterocycles. The van der Waals surface area contributed by atoms with E-state index in [0.717, 1.165) is 17.2 Å². The molecule has 0 fully saturated rings. The number of aromatic nitrogens is 1. The molecule has 0 aromatic carbocycles. The van der Waals surface area contributed by atoms with E-state index in [1.807, 2.05) is 0 Å². The first kappa shape index (κ1) is 13.7. The number of aryl methyl sites for hydroxylation is 2. The van der Waals surface area contributed by atoms with Crippen LogP contribution in [0.25, 0.3) is 0 Å². The summed E-state index contributed by atoms with van der Waals surface area (Å²) < 4.78 is 5.10. The average Bonchev–Trinajstić information content (AvgIpc) is 2.96. The van der Waals surface area contributed by atoms with Crippen LogP contribution in [0.5, 0.6) is 0 Å². The lowest BCUT2D eigenvalue weighted by Crippen LogP contribution is -2.25. The van der Waals surface area contributed by atoms with Crippen molar-refractivity contribution in [3.05, 3.63) is 38.0 Å². The number of thiophene rings is 1. The van der Waals surface area contributed by atoms with Crippen molar-refractivity contribution in [1.82, 2.24) is 10.3 Å². The molecule has 0 spiro atoms. The number of nitrogens with zero attached hydrogens (tertiary/aromatic N) is 1. The minimum absolute atomic E-state index is 0.184. The molecule has 0 saturated heterocycles. The highest BCUT2D eigenvalue weighted by Crippen LogP contribution is 2.28. The lowest BCUT2D eigenvalue weighted by molar-refractivity contribution is 0.197. The van der Waals surface area contributed by atoms with E-state index in [1.54, 1.807) is 29.8 Å². The molecule has 98 valence electrons. The summed E-state index contributed by atoms with van der Waals surface area (Å²) in [7, 11) is 1.72.